The van der Waals surface area contributed by atoms with E-state index >= 15 is 0 Å². The second kappa shape index (κ2) is 6.56. The smallest absolute Gasteiger partial charge is 0.169 e. The Bertz CT molecular complexity index is 429. The lowest BCUT2D eigenvalue weighted by Crippen LogP contribution is -2.38. The van der Waals surface area contributed by atoms with Crippen molar-refractivity contribution >= 4 is 28.7 Å². The molecule has 18 heavy (non-hydrogen) atoms. The Morgan fingerprint density at radius 1 is 1.39 bits per heavy atom. The summed E-state index contributed by atoms with van der Waals surface area (Å²) in [5.74, 6) is 0.923. The van der Waals surface area contributed by atoms with Gasteiger partial charge in [-0.25, -0.2) is 0 Å². The maximum absolute atomic E-state index is 5.40. The maximum Gasteiger partial charge on any atom is 0.169 e. The second-order valence-electron chi connectivity index (χ2n) is 3.85. The van der Waals surface area contributed by atoms with Gasteiger partial charge in [-0.05, 0) is 42.7 Å². The summed E-state index contributed by atoms with van der Waals surface area (Å²) in [7, 11) is 0. The molecule has 96 valence electrons. The lowest BCUT2D eigenvalue weighted by molar-refractivity contribution is 0.354. The van der Waals surface area contributed by atoms with Crippen molar-refractivity contribution in [2.75, 3.05) is 6.54 Å². The van der Waals surface area contributed by atoms with E-state index in [1.54, 1.807) is 17.6 Å². The Morgan fingerprint density at radius 3 is 2.89 bits per heavy atom. The van der Waals surface area contributed by atoms with Gasteiger partial charge in [0.2, 0.25) is 0 Å². The van der Waals surface area contributed by atoms with Crippen LogP contribution in [0.4, 0.5) is 0 Å². The molecule has 0 aliphatic rings. The number of furan rings is 1. The van der Waals surface area contributed by atoms with E-state index in [4.69, 9.17) is 16.6 Å². The first-order valence-electron chi connectivity index (χ1n) is 5.87. The van der Waals surface area contributed by atoms with Crippen molar-refractivity contribution in [3.63, 3.8) is 0 Å². The van der Waals surface area contributed by atoms with Gasteiger partial charge in [-0.3, -0.25) is 0 Å². The van der Waals surface area contributed by atoms with Crippen LogP contribution < -0.4 is 5.32 Å². The van der Waals surface area contributed by atoms with Crippen molar-refractivity contribution in [2.24, 2.45) is 0 Å². The quantitative estimate of drug-likeness (QED) is 0.851. The molecule has 0 radical (unpaired) electrons. The van der Waals surface area contributed by atoms with Crippen molar-refractivity contribution < 1.29 is 4.42 Å². The summed E-state index contributed by atoms with van der Waals surface area (Å²) >= 11 is 7.14. The van der Waals surface area contributed by atoms with Crippen LogP contribution in [0.25, 0.3) is 0 Å². The summed E-state index contributed by atoms with van der Waals surface area (Å²) in [5, 5.41) is 6.04. The fourth-order valence-electron chi connectivity index (χ4n) is 1.64. The van der Waals surface area contributed by atoms with Crippen molar-refractivity contribution in [1.82, 2.24) is 10.2 Å². The highest BCUT2D eigenvalue weighted by Gasteiger charge is 2.12. The monoisotopic (exact) mass is 280 g/mol. The first-order chi connectivity index (χ1) is 8.79. The average molecular weight is 280 g/mol. The molecule has 0 spiro atoms. The van der Waals surface area contributed by atoms with Crippen molar-refractivity contribution in [2.45, 2.75) is 20.0 Å². The number of nitrogens with zero attached hydrogens (tertiary/aromatic N) is 1. The summed E-state index contributed by atoms with van der Waals surface area (Å²) in [5.41, 5.74) is 0. The molecule has 0 aliphatic heterocycles. The lowest BCUT2D eigenvalue weighted by atomic mass is 10.3. The van der Waals surface area contributed by atoms with Gasteiger partial charge in [0.1, 0.15) is 5.76 Å². The average Bonchev–Trinajstić information content (AvgIpc) is 3.01. The number of hydrogen-bond acceptors (Lipinski definition) is 3. The standard InChI is InChI=1S/C13H16N2OS2/c1-2-14-13(17)15(9-11-5-3-7-16-11)10-12-6-4-8-18-12/h3-8H,2,9-10H2,1H3,(H,14,17). The number of thiocarbonyl (C=S) groups is 1. The van der Waals surface area contributed by atoms with Gasteiger partial charge in [-0.2, -0.15) is 0 Å². The van der Waals surface area contributed by atoms with Gasteiger partial charge in [0.25, 0.3) is 0 Å². The summed E-state index contributed by atoms with van der Waals surface area (Å²) in [6.07, 6.45) is 1.69. The molecular formula is C13H16N2OS2. The molecule has 2 aromatic rings. The second-order valence-corrected chi connectivity index (χ2v) is 5.27. The zero-order valence-corrected chi connectivity index (χ0v) is 11.9. The van der Waals surface area contributed by atoms with E-state index in [2.05, 4.69) is 27.7 Å². The zero-order valence-electron chi connectivity index (χ0n) is 10.3. The normalized spacial score (nSPS) is 10.3. The summed E-state index contributed by atoms with van der Waals surface area (Å²) in [4.78, 5) is 3.41. The molecule has 1 N–H and O–H groups in total. The highest BCUT2D eigenvalue weighted by Crippen LogP contribution is 2.15. The molecule has 0 amide bonds. The number of thiophene rings is 1. The molecule has 2 aromatic heterocycles. The van der Waals surface area contributed by atoms with Crippen LogP contribution in [0.1, 0.15) is 17.6 Å². The molecule has 2 rings (SSSR count). The molecule has 5 heteroatoms. The highest BCUT2D eigenvalue weighted by atomic mass is 32.1. The van der Waals surface area contributed by atoms with Crippen LogP contribution in [0, 0.1) is 0 Å². The molecule has 0 saturated heterocycles. The lowest BCUT2D eigenvalue weighted by Gasteiger charge is -2.24. The first kappa shape index (κ1) is 13.1. The van der Waals surface area contributed by atoms with Crippen LogP contribution in [0.2, 0.25) is 0 Å². The van der Waals surface area contributed by atoms with Gasteiger partial charge in [0.05, 0.1) is 19.4 Å². The Balaban J connectivity index is 2.04. The van der Waals surface area contributed by atoms with E-state index < -0.39 is 0 Å². The van der Waals surface area contributed by atoms with Gasteiger partial charge in [-0.1, -0.05) is 6.07 Å². The summed E-state index contributed by atoms with van der Waals surface area (Å²) in [6, 6.07) is 8.04. The van der Waals surface area contributed by atoms with Crippen LogP contribution in [0.15, 0.2) is 40.3 Å². The summed E-state index contributed by atoms with van der Waals surface area (Å²) < 4.78 is 5.39. The van der Waals surface area contributed by atoms with Gasteiger partial charge < -0.3 is 14.6 Å². The molecule has 0 atom stereocenters. The van der Waals surface area contributed by atoms with E-state index in [1.165, 1.54) is 4.88 Å². The SMILES string of the molecule is CCNC(=S)N(Cc1ccco1)Cc1cccs1. The van der Waals surface area contributed by atoms with Gasteiger partial charge in [0.15, 0.2) is 5.11 Å². The number of hydrogen-bond donors (Lipinski definition) is 1. The van der Waals surface area contributed by atoms with Gasteiger partial charge in [-0.15, -0.1) is 11.3 Å². The van der Waals surface area contributed by atoms with Crippen LogP contribution in [-0.4, -0.2) is 16.6 Å². The maximum atomic E-state index is 5.40. The van der Waals surface area contributed by atoms with E-state index in [1.807, 2.05) is 19.1 Å². The van der Waals surface area contributed by atoms with Crippen molar-refractivity contribution in [3.05, 3.63) is 46.5 Å². The fourth-order valence-corrected chi connectivity index (χ4v) is 2.64. The van der Waals surface area contributed by atoms with Gasteiger partial charge in [0, 0.05) is 11.4 Å². The van der Waals surface area contributed by atoms with Crippen molar-refractivity contribution in [3.8, 4) is 0 Å². The molecule has 0 aliphatic carbocycles. The molecule has 3 nitrogen and oxygen atoms in total. The molecule has 0 aromatic carbocycles. The van der Waals surface area contributed by atoms with Crippen molar-refractivity contribution in [1.29, 1.82) is 0 Å². The fraction of sp³-hybridized carbons (Fsp3) is 0.308. The number of nitrogens with one attached hydrogen (secondary N) is 1. The minimum absolute atomic E-state index is 0.691. The zero-order chi connectivity index (χ0) is 12.8. The molecule has 0 fully saturated rings. The Morgan fingerprint density at radius 2 is 2.28 bits per heavy atom. The Labute approximate surface area is 116 Å². The van der Waals surface area contributed by atoms with Crippen LogP contribution in [0.3, 0.4) is 0 Å². The predicted molar refractivity (Wildman–Crippen MR) is 78.5 cm³/mol. The minimum Gasteiger partial charge on any atom is -0.467 e. The van der Waals surface area contributed by atoms with Crippen LogP contribution >= 0.6 is 23.6 Å². The van der Waals surface area contributed by atoms with Crippen LogP contribution in [-0.2, 0) is 13.1 Å². The van der Waals surface area contributed by atoms with E-state index in [9.17, 15) is 0 Å². The Hall–Kier alpha value is -1.33. The van der Waals surface area contributed by atoms with Crippen LogP contribution in [0.5, 0.6) is 0 Å². The Kier molecular flexibility index (Phi) is 4.78. The highest BCUT2D eigenvalue weighted by molar-refractivity contribution is 7.80. The molecular weight excluding hydrogens is 264 g/mol. The first-order valence-corrected chi connectivity index (χ1v) is 7.16. The summed E-state index contributed by atoms with van der Waals surface area (Å²) in [6.45, 7) is 4.38. The van der Waals surface area contributed by atoms with E-state index in [0.717, 1.165) is 24.0 Å². The third kappa shape index (κ3) is 3.58. The molecule has 0 unspecified atom stereocenters. The van der Waals surface area contributed by atoms with Gasteiger partial charge >= 0.3 is 0 Å². The van der Waals surface area contributed by atoms with E-state index in [0.29, 0.717) is 6.54 Å². The molecule has 2 heterocycles. The molecule has 0 saturated carbocycles. The third-order valence-electron chi connectivity index (χ3n) is 2.47. The third-order valence-corrected chi connectivity index (χ3v) is 3.73. The van der Waals surface area contributed by atoms with E-state index in [-0.39, 0.29) is 0 Å². The molecule has 0 bridgehead atoms. The minimum atomic E-state index is 0.691. The largest absolute Gasteiger partial charge is 0.467 e. The number of rotatable bonds is 5. The topological polar surface area (TPSA) is 28.4 Å². The predicted octanol–water partition coefficient (Wildman–Crippen LogP) is 3.24.